The van der Waals surface area contributed by atoms with Gasteiger partial charge in [0.05, 0.1) is 0 Å². The fraction of sp³-hybridized carbons (Fsp3) is 0.565. The van der Waals surface area contributed by atoms with Crippen LogP contribution >= 0.6 is 0 Å². The van der Waals surface area contributed by atoms with Gasteiger partial charge in [0.25, 0.3) is 23.6 Å². The lowest BCUT2D eigenvalue weighted by Gasteiger charge is -2.34. The highest BCUT2D eigenvalue weighted by molar-refractivity contribution is 7.87. The van der Waals surface area contributed by atoms with E-state index in [0.29, 0.717) is 11.5 Å². The number of hydrogen-bond donors (Lipinski definition) is 2. The first-order valence-electron chi connectivity index (χ1n) is 11.4. The van der Waals surface area contributed by atoms with Gasteiger partial charge in [0.1, 0.15) is 6.73 Å². The number of carbonyl (C=O) groups is 6. The van der Waals surface area contributed by atoms with Crippen LogP contribution in [0.3, 0.4) is 0 Å². The van der Waals surface area contributed by atoms with Crippen molar-refractivity contribution >= 4 is 46.2 Å². The fourth-order valence-electron chi connectivity index (χ4n) is 3.59. The van der Waals surface area contributed by atoms with Crippen LogP contribution in [0.4, 0.5) is 0 Å². The van der Waals surface area contributed by atoms with Crippen molar-refractivity contribution in [3.63, 3.8) is 0 Å². The molecule has 36 heavy (non-hydrogen) atoms. The van der Waals surface area contributed by atoms with Crippen LogP contribution in [0.15, 0.2) is 24.3 Å². The maximum Gasteiger partial charge on any atom is 0.278 e. The van der Waals surface area contributed by atoms with Crippen molar-refractivity contribution in [1.82, 2.24) is 20.6 Å². The van der Waals surface area contributed by atoms with Crippen LogP contribution in [0.2, 0.25) is 0 Å². The van der Waals surface area contributed by atoms with E-state index in [1.54, 1.807) is 27.7 Å². The molecule has 0 radical (unpaired) electrons. The number of amides is 6. The summed E-state index contributed by atoms with van der Waals surface area (Å²) in [6.07, 6.45) is 5.24. The predicted octanol–water partition coefficient (Wildman–Crippen LogP) is -0.176. The summed E-state index contributed by atoms with van der Waals surface area (Å²) in [5.41, 5.74) is 0. The standard InChI is InChI=1S/C23H32N4O8S/c1-22(2,11-9-16(28)24-13-14-26-18(30)5-6-19(26)31)36(34)23(3,4)12-10-17(29)25-15-35-27-20(32)7-8-21(27)33/h5-8H,9-15H2,1-4H3,(H,24,28)(H,25,29). The van der Waals surface area contributed by atoms with Gasteiger partial charge in [0, 0.05) is 70.5 Å². The molecular weight excluding hydrogens is 492 g/mol. The van der Waals surface area contributed by atoms with E-state index in [2.05, 4.69) is 10.6 Å². The lowest BCUT2D eigenvalue weighted by atomic mass is 10.1. The molecule has 0 saturated carbocycles. The predicted molar refractivity (Wildman–Crippen MR) is 129 cm³/mol. The van der Waals surface area contributed by atoms with E-state index in [-0.39, 0.29) is 45.0 Å². The van der Waals surface area contributed by atoms with Gasteiger partial charge in [-0.3, -0.25) is 37.9 Å². The monoisotopic (exact) mass is 524 g/mol. The quantitative estimate of drug-likeness (QED) is 0.234. The van der Waals surface area contributed by atoms with E-state index in [0.717, 1.165) is 17.1 Å². The molecule has 2 heterocycles. The van der Waals surface area contributed by atoms with Gasteiger partial charge in [-0.2, -0.15) is 0 Å². The molecule has 2 aliphatic heterocycles. The molecule has 2 N–H and O–H groups in total. The first-order valence-corrected chi connectivity index (χ1v) is 12.6. The summed E-state index contributed by atoms with van der Waals surface area (Å²) >= 11 is 0. The molecule has 0 fully saturated rings. The molecule has 0 aromatic rings. The summed E-state index contributed by atoms with van der Waals surface area (Å²) < 4.78 is 11.8. The summed E-state index contributed by atoms with van der Waals surface area (Å²) in [5, 5.41) is 5.65. The Hall–Kier alpha value is -3.19. The molecule has 1 atom stereocenters. The number of nitrogens with zero attached hydrogens (tertiary/aromatic N) is 2. The van der Waals surface area contributed by atoms with Crippen LogP contribution in [0, 0.1) is 0 Å². The molecule has 0 aromatic carbocycles. The van der Waals surface area contributed by atoms with Crippen molar-refractivity contribution in [3.8, 4) is 0 Å². The second-order valence-electron chi connectivity index (χ2n) is 9.48. The topological polar surface area (TPSA) is 159 Å². The Balaban J connectivity index is 1.71. The Bertz CT molecular complexity index is 904. The van der Waals surface area contributed by atoms with Crippen LogP contribution in [0.5, 0.6) is 0 Å². The summed E-state index contributed by atoms with van der Waals surface area (Å²) in [5.74, 6) is -2.76. The van der Waals surface area contributed by atoms with Crippen LogP contribution < -0.4 is 10.6 Å². The molecule has 2 rings (SSSR count). The zero-order valence-corrected chi connectivity index (χ0v) is 21.6. The summed E-state index contributed by atoms with van der Waals surface area (Å²) in [7, 11) is -1.41. The lowest BCUT2D eigenvalue weighted by molar-refractivity contribution is -0.188. The normalized spacial score (nSPS) is 16.8. The van der Waals surface area contributed by atoms with Crippen molar-refractivity contribution in [2.75, 3.05) is 19.8 Å². The number of hydrogen-bond acceptors (Lipinski definition) is 8. The minimum atomic E-state index is -1.41. The second kappa shape index (κ2) is 12.2. The highest BCUT2D eigenvalue weighted by Crippen LogP contribution is 2.32. The van der Waals surface area contributed by atoms with Crippen LogP contribution in [-0.4, -0.2) is 78.9 Å². The molecule has 6 amide bonds. The van der Waals surface area contributed by atoms with Crippen molar-refractivity contribution in [2.45, 2.75) is 62.9 Å². The van der Waals surface area contributed by atoms with E-state index in [4.69, 9.17) is 4.84 Å². The van der Waals surface area contributed by atoms with Crippen LogP contribution in [0.1, 0.15) is 53.4 Å². The highest BCUT2D eigenvalue weighted by Gasteiger charge is 2.38. The molecule has 0 saturated heterocycles. The summed E-state index contributed by atoms with van der Waals surface area (Å²) in [4.78, 5) is 76.2. The third-order valence-electron chi connectivity index (χ3n) is 5.70. The molecule has 13 heteroatoms. The number of hydroxylamine groups is 2. The van der Waals surface area contributed by atoms with Crippen LogP contribution in [-0.2, 0) is 44.4 Å². The smallest absolute Gasteiger partial charge is 0.278 e. The number of carbonyl (C=O) groups excluding carboxylic acids is 6. The molecular formula is C23H32N4O8S. The SMILES string of the molecule is CC(C)(CCC(=O)NCCN1C(=O)C=CC1=O)S(=O)C(C)(C)CCC(=O)NCON1C(=O)C=CC1=O. The molecule has 12 nitrogen and oxygen atoms in total. The first-order chi connectivity index (χ1) is 16.7. The van der Waals surface area contributed by atoms with Gasteiger partial charge in [-0.15, -0.1) is 5.06 Å². The minimum absolute atomic E-state index is 0.0433. The van der Waals surface area contributed by atoms with Gasteiger partial charge < -0.3 is 10.6 Å². The van der Waals surface area contributed by atoms with Gasteiger partial charge in [0.2, 0.25) is 11.8 Å². The largest absolute Gasteiger partial charge is 0.354 e. The molecule has 198 valence electrons. The Morgan fingerprint density at radius 1 is 0.806 bits per heavy atom. The van der Waals surface area contributed by atoms with E-state index >= 15 is 0 Å². The lowest BCUT2D eigenvalue weighted by Crippen LogP contribution is -2.43. The zero-order valence-electron chi connectivity index (χ0n) is 20.8. The van der Waals surface area contributed by atoms with E-state index in [1.165, 1.54) is 12.2 Å². The van der Waals surface area contributed by atoms with Crippen molar-refractivity contribution in [3.05, 3.63) is 24.3 Å². The van der Waals surface area contributed by atoms with E-state index in [9.17, 15) is 33.0 Å². The van der Waals surface area contributed by atoms with E-state index in [1.807, 2.05) is 0 Å². The van der Waals surface area contributed by atoms with Gasteiger partial charge in [-0.25, -0.2) is 4.84 Å². The molecule has 0 bridgehead atoms. The molecule has 0 aromatic heterocycles. The first kappa shape index (κ1) is 29.0. The van der Waals surface area contributed by atoms with Crippen molar-refractivity contribution < 1.29 is 37.8 Å². The van der Waals surface area contributed by atoms with E-state index < -0.39 is 49.8 Å². The molecule has 0 aliphatic carbocycles. The maximum absolute atomic E-state index is 13.3. The second-order valence-corrected chi connectivity index (χ2v) is 12.2. The fourth-order valence-corrected chi connectivity index (χ4v) is 5.66. The van der Waals surface area contributed by atoms with Gasteiger partial charge in [-0.05, 0) is 40.5 Å². The highest BCUT2D eigenvalue weighted by atomic mass is 32.2. The molecule has 2 aliphatic rings. The summed E-state index contributed by atoms with van der Waals surface area (Å²) in [6, 6.07) is 0. The minimum Gasteiger partial charge on any atom is -0.354 e. The number of imide groups is 2. The third kappa shape index (κ3) is 7.92. The Labute approximate surface area is 211 Å². The average molecular weight is 525 g/mol. The Kier molecular flexibility index (Phi) is 9.82. The summed E-state index contributed by atoms with van der Waals surface area (Å²) in [6.45, 7) is 6.98. The van der Waals surface area contributed by atoms with Gasteiger partial charge in [-0.1, -0.05) is 0 Å². The molecule has 1 unspecified atom stereocenters. The van der Waals surface area contributed by atoms with Crippen molar-refractivity contribution in [1.29, 1.82) is 0 Å². The molecule has 0 spiro atoms. The van der Waals surface area contributed by atoms with Gasteiger partial charge in [0.15, 0.2) is 0 Å². The Morgan fingerprint density at radius 3 is 1.75 bits per heavy atom. The van der Waals surface area contributed by atoms with Crippen molar-refractivity contribution in [2.24, 2.45) is 0 Å². The average Bonchev–Trinajstić information content (AvgIpc) is 3.31. The van der Waals surface area contributed by atoms with Crippen LogP contribution in [0.25, 0.3) is 0 Å². The van der Waals surface area contributed by atoms with Gasteiger partial charge >= 0.3 is 0 Å². The number of nitrogens with one attached hydrogen (secondary N) is 2. The number of rotatable bonds is 14. The zero-order chi connectivity index (χ0) is 27.1. The maximum atomic E-state index is 13.3. The Morgan fingerprint density at radius 2 is 1.25 bits per heavy atom. The third-order valence-corrected chi connectivity index (χ3v) is 8.12.